The standard InChI is InChI=1S/C8H7BrClF/c1-5-6(4-10)2-7(11)3-8(5)9/h2-3H,4H2,1H3. The lowest BCUT2D eigenvalue weighted by Gasteiger charge is -2.03. The van der Waals surface area contributed by atoms with E-state index in [0.717, 1.165) is 15.6 Å². The Kier molecular flexibility index (Phi) is 2.90. The van der Waals surface area contributed by atoms with Crippen molar-refractivity contribution in [3.8, 4) is 0 Å². The molecule has 0 atom stereocenters. The largest absolute Gasteiger partial charge is 0.207 e. The number of alkyl halides is 1. The van der Waals surface area contributed by atoms with Crippen LogP contribution in [-0.2, 0) is 5.88 Å². The molecule has 60 valence electrons. The van der Waals surface area contributed by atoms with Crippen molar-refractivity contribution in [1.29, 1.82) is 0 Å². The zero-order chi connectivity index (χ0) is 8.43. The van der Waals surface area contributed by atoms with Gasteiger partial charge in [0, 0.05) is 10.4 Å². The van der Waals surface area contributed by atoms with E-state index in [1.165, 1.54) is 12.1 Å². The van der Waals surface area contributed by atoms with Crippen LogP contribution in [0.3, 0.4) is 0 Å². The van der Waals surface area contributed by atoms with Crippen LogP contribution in [0.4, 0.5) is 4.39 Å². The molecule has 0 nitrogen and oxygen atoms in total. The fraction of sp³-hybridized carbons (Fsp3) is 0.250. The first-order valence-electron chi connectivity index (χ1n) is 3.15. The van der Waals surface area contributed by atoms with Crippen molar-refractivity contribution in [1.82, 2.24) is 0 Å². The van der Waals surface area contributed by atoms with E-state index in [4.69, 9.17) is 11.6 Å². The zero-order valence-electron chi connectivity index (χ0n) is 6.00. The first kappa shape index (κ1) is 9.01. The summed E-state index contributed by atoms with van der Waals surface area (Å²) in [5.41, 5.74) is 1.83. The normalized spacial score (nSPS) is 10.2. The van der Waals surface area contributed by atoms with Crippen LogP contribution in [0.15, 0.2) is 16.6 Å². The highest BCUT2D eigenvalue weighted by molar-refractivity contribution is 9.10. The minimum absolute atomic E-state index is 0.252. The average Bonchev–Trinajstić information content (AvgIpc) is 1.96. The van der Waals surface area contributed by atoms with Crippen molar-refractivity contribution in [3.63, 3.8) is 0 Å². The number of hydrogen-bond donors (Lipinski definition) is 0. The van der Waals surface area contributed by atoms with Crippen molar-refractivity contribution in [2.24, 2.45) is 0 Å². The Morgan fingerprint density at radius 3 is 2.73 bits per heavy atom. The maximum Gasteiger partial charge on any atom is 0.124 e. The van der Waals surface area contributed by atoms with Crippen molar-refractivity contribution in [2.75, 3.05) is 0 Å². The highest BCUT2D eigenvalue weighted by Gasteiger charge is 2.03. The smallest absolute Gasteiger partial charge is 0.124 e. The van der Waals surface area contributed by atoms with E-state index in [9.17, 15) is 4.39 Å². The molecule has 0 bridgehead atoms. The van der Waals surface area contributed by atoms with E-state index >= 15 is 0 Å². The van der Waals surface area contributed by atoms with Crippen LogP contribution in [0.5, 0.6) is 0 Å². The molecule has 0 aromatic heterocycles. The third kappa shape index (κ3) is 1.94. The first-order chi connectivity index (χ1) is 5.15. The van der Waals surface area contributed by atoms with Gasteiger partial charge in [-0.15, -0.1) is 11.6 Å². The molecule has 11 heavy (non-hydrogen) atoms. The Balaban J connectivity index is 3.24. The van der Waals surface area contributed by atoms with Crippen LogP contribution < -0.4 is 0 Å². The summed E-state index contributed by atoms with van der Waals surface area (Å²) in [6, 6.07) is 2.89. The molecule has 0 fully saturated rings. The highest BCUT2D eigenvalue weighted by atomic mass is 79.9. The molecule has 0 saturated carbocycles. The number of rotatable bonds is 1. The minimum Gasteiger partial charge on any atom is -0.207 e. The molecule has 1 aromatic carbocycles. The summed E-state index contributed by atoms with van der Waals surface area (Å²) in [6.07, 6.45) is 0. The molecule has 1 rings (SSSR count). The van der Waals surface area contributed by atoms with Crippen molar-refractivity contribution in [3.05, 3.63) is 33.5 Å². The highest BCUT2D eigenvalue weighted by Crippen LogP contribution is 2.22. The van der Waals surface area contributed by atoms with Crippen molar-refractivity contribution < 1.29 is 4.39 Å². The quantitative estimate of drug-likeness (QED) is 0.654. The molecule has 0 radical (unpaired) electrons. The van der Waals surface area contributed by atoms with Gasteiger partial charge < -0.3 is 0 Å². The molecule has 3 heteroatoms. The van der Waals surface area contributed by atoms with Gasteiger partial charge in [-0.05, 0) is 30.2 Å². The first-order valence-corrected chi connectivity index (χ1v) is 4.48. The van der Waals surface area contributed by atoms with Crippen LogP contribution >= 0.6 is 27.5 Å². The van der Waals surface area contributed by atoms with Gasteiger partial charge in [0.25, 0.3) is 0 Å². The molecule has 0 saturated heterocycles. The summed E-state index contributed by atoms with van der Waals surface area (Å²) >= 11 is 8.83. The Labute approximate surface area is 78.5 Å². The summed E-state index contributed by atoms with van der Waals surface area (Å²) in [4.78, 5) is 0. The Morgan fingerprint density at radius 1 is 1.55 bits per heavy atom. The second-order valence-electron chi connectivity index (χ2n) is 2.31. The molecular formula is C8H7BrClF. The van der Waals surface area contributed by atoms with Crippen LogP contribution in [0.1, 0.15) is 11.1 Å². The maximum absolute atomic E-state index is 12.7. The summed E-state index contributed by atoms with van der Waals surface area (Å²) in [7, 11) is 0. The van der Waals surface area contributed by atoms with Crippen LogP contribution in [0.2, 0.25) is 0 Å². The van der Waals surface area contributed by atoms with Gasteiger partial charge in [0.2, 0.25) is 0 Å². The van der Waals surface area contributed by atoms with Crippen molar-refractivity contribution in [2.45, 2.75) is 12.8 Å². The number of hydrogen-bond acceptors (Lipinski definition) is 0. The minimum atomic E-state index is -0.252. The van der Waals surface area contributed by atoms with Crippen LogP contribution in [0, 0.1) is 12.7 Å². The lowest BCUT2D eigenvalue weighted by Crippen LogP contribution is -1.88. The summed E-state index contributed by atoms with van der Waals surface area (Å²) in [5.74, 6) is 0.0977. The average molecular weight is 237 g/mol. The van der Waals surface area contributed by atoms with E-state index in [0.29, 0.717) is 5.88 Å². The molecule has 0 unspecified atom stereocenters. The Bertz CT molecular complexity index is 273. The fourth-order valence-electron chi connectivity index (χ4n) is 0.838. The number of benzene rings is 1. The second-order valence-corrected chi connectivity index (χ2v) is 3.43. The molecule has 1 aromatic rings. The van der Waals surface area contributed by atoms with E-state index < -0.39 is 0 Å². The zero-order valence-corrected chi connectivity index (χ0v) is 8.34. The number of halogens is 3. The van der Waals surface area contributed by atoms with Crippen LogP contribution in [-0.4, -0.2) is 0 Å². The maximum atomic E-state index is 12.7. The van der Waals surface area contributed by atoms with Gasteiger partial charge in [-0.1, -0.05) is 15.9 Å². The fourth-order valence-corrected chi connectivity index (χ4v) is 1.59. The Morgan fingerprint density at radius 2 is 2.18 bits per heavy atom. The van der Waals surface area contributed by atoms with Gasteiger partial charge in [-0.25, -0.2) is 4.39 Å². The Hall–Kier alpha value is -0.0800. The van der Waals surface area contributed by atoms with E-state index in [-0.39, 0.29) is 5.82 Å². The molecule has 0 amide bonds. The molecule has 0 N–H and O–H groups in total. The molecule has 0 spiro atoms. The van der Waals surface area contributed by atoms with Crippen LogP contribution in [0.25, 0.3) is 0 Å². The SMILES string of the molecule is Cc1c(Br)cc(F)cc1CCl. The second kappa shape index (κ2) is 3.55. The third-order valence-corrected chi connectivity index (χ3v) is 2.67. The molecule has 0 aliphatic carbocycles. The molecule has 0 heterocycles. The monoisotopic (exact) mass is 236 g/mol. The molecule has 0 aliphatic rings. The van der Waals surface area contributed by atoms with E-state index in [2.05, 4.69) is 15.9 Å². The van der Waals surface area contributed by atoms with Gasteiger partial charge >= 0.3 is 0 Å². The predicted octanol–water partition coefficient (Wildman–Crippen LogP) is 3.64. The summed E-state index contributed by atoms with van der Waals surface area (Å²) in [5, 5.41) is 0. The lowest BCUT2D eigenvalue weighted by atomic mass is 10.1. The summed E-state index contributed by atoms with van der Waals surface area (Å²) < 4.78 is 13.5. The topological polar surface area (TPSA) is 0 Å². The van der Waals surface area contributed by atoms with E-state index in [1.807, 2.05) is 6.92 Å². The third-order valence-electron chi connectivity index (χ3n) is 1.56. The van der Waals surface area contributed by atoms with Gasteiger partial charge in [0.05, 0.1) is 0 Å². The summed E-state index contributed by atoms with van der Waals surface area (Å²) in [6.45, 7) is 1.90. The van der Waals surface area contributed by atoms with E-state index in [1.54, 1.807) is 0 Å². The van der Waals surface area contributed by atoms with Crippen molar-refractivity contribution >= 4 is 27.5 Å². The predicted molar refractivity (Wildman–Crippen MR) is 48.4 cm³/mol. The van der Waals surface area contributed by atoms with Gasteiger partial charge in [-0.2, -0.15) is 0 Å². The van der Waals surface area contributed by atoms with Gasteiger partial charge in [0.15, 0.2) is 0 Å². The molecular weight excluding hydrogens is 230 g/mol. The molecule has 0 aliphatic heterocycles. The van der Waals surface area contributed by atoms with Gasteiger partial charge in [0.1, 0.15) is 5.82 Å². The lowest BCUT2D eigenvalue weighted by molar-refractivity contribution is 0.625. The van der Waals surface area contributed by atoms with Gasteiger partial charge in [-0.3, -0.25) is 0 Å².